The van der Waals surface area contributed by atoms with Gasteiger partial charge in [0.1, 0.15) is 13.2 Å². The van der Waals surface area contributed by atoms with E-state index in [9.17, 15) is 14.4 Å². The van der Waals surface area contributed by atoms with E-state index in [2.05, 4.69) is 41.5 Å². The van der Waals surface area contributed by atoms with Crippen LogP contribution in [0, 0.1) is 17.8 Å². The second-order valence-electron chi connectivity index (χ2n) is 18.3. The molecule has 56 heavy (non-hydrogen) atoms. The second-order valence-corrected chi connectivity index (χ2v) is 18.3. The largest absolute Gasteiger partial charge is 0.462 e. The van der Waals surface area contributed by atoms with Crippen molar-refractivity contribution in [3.05, 3.63) is 0 Å². The maximum Gasteiger partial charge on any atom is 0.306 e. The van der Waals surface area contributed by atoms with Gasteiger partial charge in [-0.15, -0.1) is 0 Å². The Morgan fingerprint density at radius 3 is 0.929 bits per heavy atom. The van der Waals surface area contributed by atoms with E-state index in [1.165, 1.54) is 148 Å². The molecule has 2 atom stereocenters. The van der Waals surface area contributed by atoms with E-state index in [0.717, 1.165) is 75.5 Å². The molecule has 0 saturated carbocycles. The lowest BCUT2D eigenvalue weighted by molar-refractivity contribution is -0.167. The Morgan fingerprint density at radius 1 is 0.357 bits per heavy atom. The quantitative estimate of drug-likeness (QED) is 0.0348. The molecular formula is C50H96O6. The van der Waals surface area contributed by atoms with E-state index in [0.29, 0.717) is 19.3 Å². The van der Waals surface area contributed by atoms with E-state index in [1.807, 2.05) is 0 Å². The molecule has 0 aliphatic rings. The first kappa shape index (κ1) is 54.4. The lowest BCUT2D eigenvalue weighted by atomic mass is 9.99. The third-order valence-corrected chi connectivity index (χ3v) is 11.5. The minimum atomic E-state index is -0.762. The van der Waals surface area contributed by atoms with E-state index in [-0.39, 0.29) is 31.1 Å². The van der Waals surface area contributed by atoms with Crippen LogP contribution in [0.1, 0.15) is 266 Å². The Balaban J connectivity index is 4.27. The lowest BCUT2D eigenvalue weighted by Gasteiger charge is -2.18. The molecule has 332 valence electrons. The number of esters is 3. The zero-order valence-corrected chi connectivity index (χ0v) is 38.4. The Labute approximate surface area is 348 Å². The van der Waals surface area contributed by atoms with Crippen LogP contribution in [0.25, 0.3) is 0 Å². The smallest absolute Gasteiger partial charge is 0.306 e. The van der Waals surface area contributed by atoms with Crippen molar-refractivity contribution in [2.24, 2.45) is 17.8 Å². The fourth-order valence-corrected chi connectivity index (χ4v) is 7.38. The third kappa shape index (κ3) is 42.0. The first-order chi connectivity index (χ1) is 27.1. The summed E-state index contributed by atoms with van der Waals surface area (Å²) in [5.74, 6) is 1.59. The van der Waals surface area contributed by atoms with Crippen LogP contribution in [0.15, 0.2) is 0 Å². The highest BCUT2D eigenvalue weighted by atomic mass is 16.6. The number of unbranched alkanes of at least 4 members (excludes halogenated alkanes) is 25. The van der Waals surface area contributed by atoms with Gasteiger partial charge in [-0.1, -0.05) is 228 Å². The number of rotatable bonds is 43. The maximum atomic E-state index is 12.8. The molecule has 0 rings (SSSR count). The van der Waals surface area contributed by atoms with Gasteiger partial charge in [-0.3, -0.25) is 14.4 Å². The highest BCUT2D eigenvalue weighted by Gasteiger charge is 2.19. The zero-order valence-electron chi connectivity index (χ0n) is 38.4. The number of carbonyl (C=O) groups excluding carboxylic acids is 3. The van der Waals surface area contributed by atoms with Gasteiger partial charge < -0.3 is 14.2 Å². The Hall–Kier alpha value is -1.59. The van der Waals surface area contributed by atoms with Gasteiger partial charge in [-0.2, -0.15) is 0 Å². The molecule has 6 heteroatoms. The van der Waals surface area contributed by atoms with Crippen molar-refractivity contribution >= 4 is 17.9 Å². The summed E-state index contributed by atoms with van der Waals surface area (Å²) in [5.41, 5.74) is 0. The molecule has 0 N–H and O–H groups in total. The van der Waals surface area contributed by atoms with E-state index < -0.39 is 6.10 Å². The molecule has 0 aromatic carbocycles. The first-order valence-corrected chi connectivity index (χ1v) is 24.6. The zero-order chi connectivity index (χ0) is 41.3. The molecular weight excluding hydrogens is 697 g/mol. The maximum absolute atomic E-state index is 12.8. The van der Waals surface area contributed by atoms with Crippen molar-refractivity contribution in [1.29, 1.82) is 0 Å². The molecule has 0 radical (unpaired) electrons. The summed E-state index contributed by atoms with van der Waals surface area (Å²) in [6.45, 7) is 13.6. The lowest BCUT2D eigenvalue weighted by Crippen LogP contribution is -2.30. The van der Waals surface area contributed by atoms with Crippen LogP contribution in [0.4, 0.5) is 0 Å². The minimum absolute atomic E-state index is 0.0665. The van der Waals surface area contributed by atoms with Crippen LogP contribution in [-0.4, -0.2) is 37.2 Å². The van der Waals surface area contributed by atoms with Gasteiger partial charge in [0.2, 0.25) is 0 Å². The molecule has 0 amide bonds. The molecule has 0 aliphatic carbocycles. The molecule has 0 aromatic heterocycles. The van der Waals surface area contributed by atoms with E-state index in [4.69, 9.17) is 14.2 Å². The molecule has 0 fully saturated rings. The summed E-state index contributed by atoms with van der Waals surface area (Å²) in [5, 5.41) is 0. The van der Waals surface area contributed by atoms with Gasteiger partial charge in [-0.25, -0.2) is 0 Å². The normalized spacial score (nSPS) is 12.6. The average molecular weight is 793 g/mol. The molecule has 0 heterocycles. The Kier molecular flexibility index (Phi) is 40.4. The molecule has 0 aromatic rings. The van der Waals surface area contributed by atoms with Gasteiger partial charge in [0.15, 0.2) is 6.10 Å². The van der Waals surface area contributed by atoms with Crippen LogP contribution < -0.4 is 0 Å². The van der Waals surface area contributed by atoms with Gasteiger partial charge in [0, 0.05) is 19.3 Å². The van der Waals surface area contributed by atoms with Crippen molar-refractivity contribution < 1.29 is 28.6 Å². The summed E-state index contributed by atoms with van der Waals surface area (Å²) in [6.07, 6.45) is 39.6. The second kappa shape index (κ2) is 41.6. The Morgan fingerprint density at radius 2 is 0.625 bits per heavy atom. The number of carbonyl (C=O) groups is 3. The molecule has 6 nitrogen and oxygen atoms in total. The molecule has 0 bridgehead atoms. The highest BCUT2D eigenvalue weighted by molar-refractivity contribution is 5.71. The van der Waals surface area contributed by atoms with Gasteiger partial charge in [0.05, 0.1) is 0 Å². The molecule has 0 saturated heterocycles. The Bertz CT molecular complexity index is 870. The van der Waals surface area contributed by atoms with Crippen molar-refractivity contribution in [3.8, 4) is 0 Å². The topological polar surface area (TPSA) is 78.9 Å². The summed E-state index contributed by atoms with van der Waals surface area (Å²) in [7, 11) is 0. The summed E-state index contributed by atoms with van der Waals surface area (Å²) in [4.78, 5) is 37.8. The summed E-state index contributed by atoms with van der Waals surface area (Å²) in [6, 6.07) is 0. The van der Waals surface area contributed by atoms with Crippen LogP contribution >= 0.6 is 0 Å². The average Bonchev–Trinajstić information content (AvgIpc) is 3.16. The highest BCUT2D eigenvalue weighted by Crippen LogP contribution is 2.18. The van der Waals surface area contributed by atoms with Crippen molar-refractivity contribution in [1.82, 2.24) is 0 Å². The van der Waals surface area contributed by atoms with Crippen LogP contribution in [0.3, 0.4) is 0 Å². The fraction of sp³-hybridized carbons (Fsp3) is 0.940. The van der Waals surface area contributed by atoms with Crippen molar-refractivity contribution in [2.75, 3.05) is 13.2 Å². The fourth-order valence-electron chi connectivity index (χ4n) is 7.38. The van der Waals surface area contributed by atoms with Gasteiger partial charge in [0.25, 0.3) is 0 Å². The molecule has 0 spiro atoms. The predicted molar refractivity (Wildman–Crippen MR) is 238 cm³/mol. The molecule has 1 unspecified atom stereocenters. The van der Waals surface area contributed by atoms with Crippen LogP contribution in [0.2, 0.25) is 0 Å². The van der Waals surface area contributed by atoms with Gasteiger partial charge >= 0.3 is 17.9 Å². The number of hydrogen-bond donors (Lipinski definition) is 0. The van der Waals surface area contributed by atoms with Gasteiger partial charge in [-0.05, 0) is 37.0 Å². The SMILES string of the molecule is CCC(C)CCCCCCCCCCCCCCCCC(=O)O[C@@H](COC(=O)CCCCCCCCCCC(C)C)COC(=O)CCCCCCCCC(C)C. The first-order valence-electron chi connectivity index (χ1n) is 24.6. The van der Waals surface area contributed by atoms with Crippen molar-refractivity contribution in [3.63, 3.8) is 0 Å². The third-order valence-electron chi connectivity index (χ3n) is 11.5. The van der Waals surface area contributed by atoms with Crippen LogP contribution in [-0.2, 0) is 28.6 Å². The predicted octanol–water partition coefficient (Wildman–Crippen LogP) is 15.6. The summed E-state index contributed by atoms with van der Waals surface area (Å²) >= 11 is 0. The van der Waals surface area contributed by atoms with E-state index in [1.54, 1.807) is 0 Å². The standard InChI is InChI=1S/C50H96O6/c1-7-46(6)38-32-26-19-14-12-10-8-9-11-13-15-21-29-35-41-50(53)56-47(43-55-49(52)40-34-28-23-22-25-31-37-45(4)5)42-54-48(51)39-33-27-20-17-16-18-24-30-36-44(2)3/h44-47H,7-43H2,1-6H3/t46?,47-/m0/s1. The number of ether oxygens (including phenoxy) is 3. The minimum Gasteiger partial charge on any atom is -0.462 e. The summed E-state index contributed by atoms with van der Waals surface area (Å²) < 4.78 is 16.7. The van der Waals surface area contributed by atoms with Crippen molar-refractivity contribution in [2.45, 2.75) is 272 Å². The van der Waals surface area contributed by atoms with E-state index >= 15 is 0 Å². The molecule has 0 aliphatic heterocycles. The number of hydrogen-bond acceptors (Lipinski definition) is 6. The van der Waals surface area contributed by atoms with Crippen LogP contribution in [0.5, 0.6) is 0 Å². The monoisotopic (exact) mass is 793 g/mol.